The van der Waals surface area contributed by atoms with Gasteiger partial charge in [-0.25, -0.2) is 9.07 Å². The first-order chi connectivity index (χ1) is 10.2. The maximum absolute atomic E-state index is 13.3. The Kier molecular flexibility index (Phi) is 3.45. The average molecular weight is 303 g/mol. The third-order valence-corrected chi connectivity index (χ3v) is 3.18. The first kappa shape index (κ1) is 13.4. The molecule has 0 aliphatic heterocycles. The van der Waals surface area contributed by atoms with Crippen LogP contribution in [0.3, 0.4) is 0 Å². The van der Waals surface area contributed by atoms with Crippen LogP contribution in [0.4, 0.5) is 4.39 Å². The van der Waals surface area contributed by atoms with Crippen LogP contribution in [0.2, 0.25) is 5.02 Å². The molecule has 0 unspecified atom stereocenters. The number of nitrogens with zero attached hydrogens (tertiary/aromatic N) is 4. The van der Waals surface area contributed by atoms with Crippen LogP contribution in [-0.4, -0.2) is 26.3 Å². The normalized spacial score (nSPS) is 10.6. The van der Waals surface area contributed by atoms with Gasteiger partial charge in [0.15, 0.2) is 12.0 Å². The molecule has 1 aromatic carbocycles. The second-order valence-corrected chi connectivity index (χ2v) is 4.60. The molecule has 0 amide bonds. The number of benzene rings is 1. The van der Waals surface area contributed by atoms with Crippen molar-refractivity contribution in [2.24, 2.45) is 0 Å². The van der Waals surface area contributed by atoms with Gasteiger partial charge in [0.1, 0.15) is 11.5 Å². The van der Waals surface area contributed by atoms with Crippen molar-refractivity contribution in [1.82, 2.24) is 20.0 Å². The molecule has 0 saturated carbocycles. The number of hydrogen-bond acceptors (Lipinski definition) is 4. The first-order valence-electron chi connectivity index (χ1n) is 5.97. The minimum atomic E-state index is -0.529. The zero-order chi connectivity index (χ0) is 14.8. The van der Waals surface area contributed by atoms with E-state index in [1.54, 1.807) is 24.5 Å². The fourth-order valence-electron chi connectivity index (χ4n) is 1.94. The molecule has 0 fully saturated rings. The van der Waals surface area contributed by atoms with E-state index in [0.29, 0.717) is 23.2 Å². The largest absolute Gasteiger partial charge is 0.296 e. The molecule has 7 heteroatoms. The van der Waals surface area contributed by atoms with Crippen LogP contribution in [0.15, 0.2) is 42.7 Å². The Morgan fingerprint density at radius 3 is 2.81 bits per heavy atom. The number of pyridine rings is 1. The van der Waals surface area contributed by atoms with E-state index in [9.17, 15) is 9.18 Å². The lowest BCUT2D eigenvalue weighted by atomic mass is 10.1. The van der Waals surface area contributed by atoms with Gasteiger partial charge < -0.3 is 0 Å². The first-order valence-corrected chi connectivity index (χ1v) is 6.35. The summed E-state index contributed by atoms with van der Waals surface area (Å²) in [6.45, 7) is 0. The lowest BCUT2D eigenvalue weighted by molar-refractivity contribution is 0.111. The van der Waals surface area contributed by atoms with Crippen molar-refractivity contribution in [2.45, 2.75) is 0 Å². The predicted octanol–water partition coefficient (Wildman–Crippen LogP) is 2.93. The zero-order valence-electron chi connectivity index (χ0n) is 10.6. The standard InChI is InChI=1S/C14H8ClFN4O/c15-11-6-10(3-4-12(11)16)20-14(13(8-21)18-19-20)9-2-1-5-17-7-9/h1-8H. The summed E-state index contributed by atoms with van der Waals surface area (Å²) in [5.41, 5.74) is 1.81. The topological polar surface area (TPSA) is 60.7 Å². The van der Waals surface area contributed by atoms with Gasteiger partial charge >= 0.3 is 0 Å². The lowest BCUT2D eigenvalue weighted by Gasteiger charge is -2.07. The fraction of sp³-hybridized carbons (Fsp3) is 0. The van der Waals surface area contributed by atoms with Gasteiger partial charge in [0, 0.05) is 18.0 Å². The van der Waals surface area contributed by atoms with E-state index in [1.165, 1.54) is 22.9 Å². The SMILES string of the molecule is O=Cc1nnn(-c2ccc(F)c(Cl)c2)c1-c1cccnc1. The van der Waals surface area contributed by atoms with Gasteiger partial charge in [0.2, 0.25) is 0 Å². The molecule has 0 aliphatic rings. The van der Waals surface area contributed by atoms with Crippen molar-refractivity contribution in [1.29, 1.82) is 0 Å². The van der Waals surface area contributed by atoms with E-state index in [1.807, 2.05) is 0 Å². The van der Waals surface area contributed by atoms with Crippen LogP contribution < -0.4 is 0 Å². The molecule has 0 saturated heterocycles. The highest BCUT2D eigenvalue weighted by molar-refractivity contribution is 6.30. The summed E-state index contributed by atoms with van der Waals surface area (Å²) in [4.78, 5) is 15.2. The monoisotopic (exact) mass is 302 g/mol. The van der Waals surface area contributed by atoms with Gasteiger partial charge in [-0.1, -0.05) is 16.8 Å². The number of aldehydes is 1. The highest BCUT2D eigenvalue weighted by Crippen LogP contribution is 2.25. The van der Waals surface area contributed by atoms with Crippen molar-refractivity contribution < 1.29 is 9.18 Å². The van der Waals surface area contributed by atoms with Gasteiger partial charge in [-0.2, -0.15) is 0 Å². The number of halogens is 2. The number of aromatic nitrogens is 4. The molecular weight excluding hydrogens is 295 g/mol. The van der Waals surface area contributed by atoms with E-state index >= 15 is 0 Å². The molecule has 0 atom stereocenters. The number of hydrogen-bond donors (Lipinski definition) is 0. The Morgan fingerprint density at radius 2 is 2.14 bits per heavy atom. The van der Waals surface area contributed by atoms with Crippen molar-refractivity contribution in [3.8, 4) is 16.9 Å². The van der Waals surface area contributed by atoms with Crippen LogP contribution in [0, 0.1) is 5.82 Å². The Bertz CT molecular complexity index is 804. The highest BCUT2D eigenvalue weighted by atomic mass is 35.5. The summed E-state index contributed by atoms with van der Waals surface area (Å²) in [5.74, 6) is -0.529. The smallest absolute Gasteiger partial charge is 0.172 e. The summed E-state index contributed by atoms with van der Waals surface area (Å²) in [5, 5.41) is 7.72. The van der Waals surface area contributed by atoms with Gasteiger partial charge in [0.05, 0.1) is 10.7 Å². The van der Waals surface area contributed by atoms with Crippen molar-refractivity contribution in [3.05, 3.63) is 59.3 Å². The Hall–Kier alpha value is -2.60. The zero-order valence-corrected chi connectivity index (χ0v) is 11.3. The molecule has 2 heterocycles. The van der Waals surface area contributed by atoms with Crippen molar-refractivity contribution in [3.63, 3.8) is 0 Å². The predicted molar refractivity (Wildman–Crippen MR) is 74.9 cm³/mol. The molecule has 0 radical (unpaired) electrons. The fourth-order valence-corrected chi connectivity index (χ4v) is 2.12. The molecule has 0 N–H and O–H groups in total. The minimum absolute atomic E-state index is 0.0345. The quantitative estimate of drug-likeness (QED) is 0.698. The summed E-state index contributed by atoms with van der Waals surface area (Å²) < 4.78 is 14.7. The van der Waals surface area contributed by atoms with E-state index < -0.39 is 5.82 Å². The molecule has 2 aromatic heterocycles. The lowest BCUT2D eigenvalue weighted by Crippen LogP contribution is -2.00. The Morgan fingerprint density at radius 1 is 1.29 bits per heavy atom. The van der Waals surface area contributed by atoms with Crippen LogP contribution >= 0.6 is 11.6 Å². The summed E-state index contributed by atoms with van der Waals surface area (Å²) >= 11 is 5.78. The molecular formula is C14H8ClFN4O. The molecule has 21 heavy (non-hydrogen) atoms. The average Bonchev–Trinajstić information content (AvgIpc) is 2.95. The van der Waals surface area contributed by atoms with Gasteiger partial charge in [-0.15, -0.1) is 5.10 Å². The molecule has 0 spiro atoms. The van der Waals surface area contributed by atoms with Crippen LogP contribution in [0.5, 0.6) is 0 Å². The second kappa shape index (κ2) is 5.41. The van der Waals surface area contributed by atoms with E-state index in [4.69, 9.17) is 11.6 Å². The molecule has 5 nitrogen and oxygen atoms in total. The molecule has 0 aliphatic carbocycles. The van der Waals surface area contributed by atoms with Gasteiger partial charge in [-0.3, -0.25) is 9.78 Å². The summed E-state index contributed by atoms with van der Waals surface area (Å²) in [6.07, 6.45) is 3.82. The van der Waals surface area contributed by atoms with E-state index in [-0.39, 0.29) is 10.7 Å². The third-order valence-electron chi connectivity index (χ3n) is 2.89. The number of rotatable bonds is 3. The summed E-state index contributed by atoms with van der Waals surface area (Å²) in [7, 11) is 0. The maximum atomic E-state index is 13.3. The van der Waals surface area contributed by atoms with Crippen LogP contribution in [-0.2, 0) is 0 Å². The highest BCUT2D eigenvalue weighted by Gasteiger charge is 2.16. The van der Waals surface area contributed by atoms with Gasteiger partial charge in [0.25, 0.3) is 0 Å². The van der Waals surface area contributed by atoms with E-state index in [2.05, 4.69) is 15.3 Å². The minimum Gasteiger partial charge on any atom is -0.296 e. The Labute approximate surface area is 124 Å². The maximum Gasteiger partial charge on any atom is 0.172 e. The van der Waals surface area contributed by atoms with Crippen LogP contribution in [0.1, 0.15) is 10.5 Å². The van der Waals surface area contributed by atoms with Crippen molar-refractivity contribution in [2.75, 3.05) is 0 Å². The van der Waals surface area contributed by atoms with Crippen molar-refractivity contribution >= 4 is 17.9 Å². The molecule has 3 aromatic rings. The molecule has 0 bridgehead atoms. The van der Waals surface area contributed by atoms with E-state index in [0.717, 1.165) is 0 Å². The number of carbonyl (C=O) groups is 1. The third kappa shape index (κ3) is 2.41. The van der Waals surface area contributed by atoms with Gasteiger partial charge in [-0.05, 0) is 30.3 Å². The second-order valence-electron chi connectivity index (χ2n) is 4.19. The Balaban J connectivity index is 2.22. The molecule has 3 rings (SSSR count). The molecule has 104 valence electrons. The number of carbonyl (C=O) groups excluding carboxylic acids is 1. The summed E-state index contributed by atoms with van der Waals surface area (Å²) in [6, 6.07) is 7.66. The van der Waals surface area contributed by atoms with Crippen LogP contribution in [0.25, 0.3) is 16.9 Å².